The number of Topliss-reactive ketones (excluding diaryl/α,β-unsaturated/α-hetero) is 2. The molecule has 3 aromatic rings. The Morgan fingerprint density at radius 1 is 1.34 bits per heavy atom. The van der Waals surface area contributed by atoms with Gasteiger partial charge in [0.05, 0.1) is 27.4 Å². The van der Waals surface area contributed by atoms with Crippen LogP contribution in [-0.4, -0.2) is 58.6 Å². The van der Waals surface area contributed by atoms with E-state index in [1.165, 1.54) is 21.4 Å². The van der Waals surface area contributed by atoms with Crippen LogP contribution in [0.25, 0.3) is 10.9 Å². The van der Waals surface area contributed by atoms with E-state index in [1.54, 1.807) is 32.3 Å². The highest BCUT2D eigenvalue weighted by Gasteiger charge is 2.42. The average molecular weight is 473 g/mol. The number of hydrogen-bond acceptors (Lipinski definition) is 9. The van der Waals surface area contributed by atoms with Crippen molar-refractivity contribution in [2.45, 2.75) is 25.2 Å². The first-order valence-corrected chi connectivity index (χ1v) is 10.6. The third-order valence-electron chi connectivity index (χ3n) is 5.07. The van der Waals surface area contributed by atoms with E-state index in [0.717, 1.165) is 11.8 Å². The molecule has 1 aliphatic heterocycles. The van der Waals surface area contributed by atoms with Crippen molar-refractivity contribution in [1.82, 2.24) is 14.3 Å². The standard InChI is InChI=1S/C20H16N4O6S2/c1-8-13(21)12-11(5-4-10-14(25)15(26)17(19(28)29)30-16(10)12)24(8)18(27)9(2)32-20(31)23-7-3-6-22-23/h3-7,9,17H,21H2,1-2H3,(H,28,29). The van der Waals surface area contributed by atoms with Crippen LogP contribution in [0, 0.1) is 6.92 Å². The SMILES string of the molecule is Cc1c(N)c2c3c(ccc2n1C(=O)C(C)SC(=S)n1cccn1)C(=O)C(=O)C(C(=O)O)O3. The van der Waals surface area contributed by atoms with Gasteiger partial charge in [-0.1, -0.05) is 24.0 Å². The molecule has 0 radical (unpaired) electrons. The molecular formula is C20H16N4O6S2. The highest BCUT2D eigenvalue weighted by molar-refractivity contribution is 8.23. The molecule has 12 heteroatoms. The van der Waals surface area contributed by atoms with Gasteiger partial charge in [-0.25, -0.2) is 9.48 Å². The number of nitrogens with two attached hydrogens (primary N) is 1. The zero-order valence-electron chi connectivity index (χ0n) is 16.8. The van der Waals surface area contributed by atoms with Crippen LogP contribution in [0.4, 0.5) is 5.69 Å². The number of thioether (sulfide) groups is 1. The molecule has 3 N–H and O–H groups in total. The van der Waals surface area contributed by atoms with Crippen LogP contribution in [0.15, 0.2) is 30.6 Å². The summed E-state index contributed by atoms with van der Waals surface area (Å²) >= 11 is 6.46. The number of aromatic nitrogens is 3. The lowest BCUT2D eigenvalue weighted by atomic mass is 9.97. The van der Waals surface area contributed by atoms with Gasteiger partial charge in [0.15, 0.2) is 4.32 Å². The molecule has 0 amide bonds. The number of ether oxygens (including phenoxy) is 1. The predicted octanol–water partition coefficient (Wildman–Crippen LogP) is 1.92. The molecule has 164 valence electrons. The van der Waals surface area contributed by atoms with Crippen LogP contribution < -0.4 is 10.5 Å². The summed E-state index contributed by atoms with van der Waals surface area (Å²) in [7, 11) is 0. The molecule has 3 heterocycles. The second-order valence-electron chi connectivity index (χ2n) is 7.02. The van der Waals surface area contributed by atoms with Crippen molar-refractivity contribution in [3.05, 3.63) is 41.9 Å². The molecule has 1 aliphatic rings. The molecule has 32 heavy (non-hydrogen) atoms. The topological polar surface area (TPSA) is 147 Å². The average Bonchev–Trinajstić information content (AvgIpc) is 3.37. The van der Waals surface area contributed by atoms with Crippen molar-refractivity contribution in [2.24, 2.45) is 0 Å². The molecule has 4 rings (SSSR count). The molecule has 2 atom stereocenters. The normalized spacial score (nSPS) is 16.5. The molecule has 1 aromatic carbocycles. The first-order chi connectivity index (χ1) is 15.1. The number of ketones is 2. The second kappa shape index (κ2) is 7.88. The summed E-state index contributed by atoms with van der Waals surface area (Å²) in [6.07, 6.45) is 1.27. The van der Waals surface area contributed by atoms with Gasteiger partial charge < -0.3 is 15.6 Å². The largest absolute Gasteiger partial charge is 0.478 e. The van der Waals surface area contributed by atoms with E-state index in [-0.39, 0.29) is 28.3 Å². The smallest absolute Gasteiger partial charge is 0.353 e. The van der Waals surface area contributed by atoms with Gasteiger partial charge in [0, 0.05) is 18.1 Å². The van der Waals surface area contributed by atoms with Crippen LogP contribution >= 0.6 is 24.0 Å². The molecular weight excluding hydrogens is 456 g/mol. The van der Waals surface area contributed by atoms with Crippen LogP contribution in [0.3, 0.4) is 0 Å². The number of carboxylic acid groups (broad SMARTS) is 1. The number of benzene rings is 1. The van der Waals surface area contributed by atoms with E-state index < -0.39 is 28.9 Å². The van der Waals surface area contributed by atoms with Crippen molar-refractivity contribution >= 4 is 68.3 Å². The Hall–Kier alpha value is -3.51. The summed E-state index contributed by atoms with van der Waals surface area (Å²) in [6, 6.07) is 4.52. The Labute approximate surface area is 190 Å². The summed E-state index contributed by atoms with van der Waals surface area (Å²) in [5, 5.41) is 12.9. The molecule has 0 bridgehead atoms. The van der Waals surface area contributed by atoms with Crippen LogP contribution in [-0.2, 0) is 9.59 Å². The Morgan fingerprint density at radius 2 is 2.06 bits per heavy atom. The number of thiocarbonyl (C=S) groups is 1. The number of anilines is 1. The fourth-order valence-corrected chi connectivity index (χ4v) is 4.75. The lowest BCUT2D eigenvalue weighted by Crippen LogP contribution is -2.43. The first kappa shape index (κ1) is 21.7. The number of carboxylic acids is 1. The van der Waals surface area contributed by atoms with Crippen LogP contribution in [0.1, 0.15) is 27.8 Å². The number of rotatable bonds is 3. The molecule has 0 aliphatic carbocycles. The van der Waals surface area contributed by atoms with Gasteiger partial charge in [0.1, 0.15) is 5.75 Å². The van der Waals surface area contributed by atoms with Crippen LogP contribution in [0.2, 0.25) is 0 Å². The van der Waals surface area contributed by atoms with Crippen molar-refractivity contribution in [2.75, 3.05) is 5.73 Å². The summed E-state index contributed by atoms with van der Waals surface area (Å²) in [4.78, 5) is 49.2. The summed E-state index contributed by atoms with van der Waals surface area (Å²) in [5.41, 5.74) is 6.99. The fraction of sp³-hybridized carbons (Fsp3) is 0.200. The molecule has 0 saturated carbocycles. The number of carbonyl (C=O) groups excluding carboxylic acids is 3. The van der Waals surface area contributed by atoms with Gasteiger partial charge >= 0.3 is 5.97 Å². The van der Waals surface area contributed by atoms with Gasteiger partial charge in [-0.2, -0.15) is 5.10 Å². The Balaban J connectivity index is 1.78. The van der Waals surface area contributed by atoms with Crippen molar-refractivity contribution in [3.8, 4) is 5.75 Å². The zero-order valence-corrected chi connectivity index (χ0v) is 18.4. The zero-order chi connectivity index (χ0) is 23.3. The van der Waals surface area contributed by atoms with E-state index in [2.05, 4.69) is 5.10 Å². The lowest BCUT2D eigenvalue weighted by Gasteiger charge is -2.22. The Bertz CT molecular complexity index is 1330. The van der Waals surface area contributed by atoms with Gasteiger partial charge in [-0.3, -0.25) is 19.0 Å². The second-order valence-corrected chi connectivity index (χ2v) is 8.99. The molecule has 0 spiro atoms. The number of nitrogens with zero attached hydrogens (tertiary/aromatic N) is 3. The molecule has 2 aromatic heterocycles. The minimum atomic E-state index is -1.97. The summed E-state index contributed by atoms with van der Waals surface area (Å²) in [5.74, 6) is -4.21. The van der Waals surface area contributed by atoms with Gasteiger partial charge in [0.2, 0.25) is 11.7 Å². The summed E-state index contributed by atoms with van der Waals surface area (Å²) < 4.78 is 8.60. The quantitative estimate of drug-likeness (QED) is 0.329. The minimum Gasteiger partial charge on any atom is -0.478 e. The fourth-order valence-electron chi connectivity index (χ4n) is 3.49. The monoisotopic (exact) mass is 472 g/mol. The Kier molecular flexibility index (Phi) is 5.34. The minimum absolute atomic E-state index is 0.0985. The van der Waals surface area contributed by atoms with E-state index in [0.29, 0.717) is 15.5 Å². The maximum absolute atomic E-state index is 13.3. The highest BCUT2D eigenvalue weighted by Crippen LogP contribution is 2.41. The molecule has 0 saturated heterocycles. The highest BCUT2D eigenvalue weighted by atomic mass is 32.2. The first-order valence-electron chi connectivity index (χ1n) is 9.29. The Morgan fingerprint density at radius 3 is 2.69 bits per heavy atom. The van der Waals surface area contributed by atoms with Crippen molar-refractivity contribution in [1.29, 1.82) is 0 Å². The third kappa shape index (κ3) is 3.28. The summed E-state index contributed by atoms with van der Waals surface area (Å²) in [6.45, 7) is 3.30. The third-order valence-corrected chi connectivity index (χ3v) is 6.49. The predicted molar refractivity (Wildman–Crippen MR) is 120 cm³/mol. The van der Waals surface area contributed by atoms with E-state index >= 15 is 0 Å². The maximum Gasteiger partial charge on any atom is 0.353 e. The lowest BCUT2D eigenvalue weighted by molar-refractivity contribution is -0.149. The van der Waals surface area contributed by atoms with E-state index in [9.17, 15) is 24.3 Å². The number of fused-ring (bicyclic) bond motifs is 3. The number of aliphatic carboxylic acids is 1. The van der Waals surface area contributed by atoms with Gasteiger partial charge in [-0.15, -0.1) is 0 Å². The number of hydrogen-bond donors (Lipinski definition) is 2. The van der Waals surface area contributed by atoms with E-state index in [1.807, 2.05) is 0 Å². The van der Waals surface area contributed by atoms with Gasteiger partial charge in [-0.05, 0) is 32.0 Å². The molecule has 0 fully saturated rings. The van der Waals surface area contributed by atoms with Crippen molar-refractivity contribution < 1.29 is 29.0 Å². The van der Waals surface area contributed by atoms with E-state index in [4.69, 9.17) is 22.7 Å². The van der Waals surface area contributed by atoms with Crippen LogP contribution in [0.5, 0.6) is 5.75 Å². The van der Waals surface area contributed by atoms with Crippen molar-refractivity contribution in [3.63, 3.8) is 0 Å². The molecule has 2 unspecified atom stereocenters. The molecule has 10 nitrogen and oxygen atoms in total. The number of carbonyl (C=O) groups is 4. The maximum atomic E-state index is 13.3. The number of nitrogen functional groups attached to an aromatic ring is 1. The van der Waals surface area contributed by atoms with Gasteiger partial charge in [0.25, 0.3) is 11.9 Å².